The van der Waals surface area contributed by atoms with Crippen LogP contribution in [0.5, 0.6) is 11.5 Å². The fourth-order valence-corrected chi connectivity index (χ4v) is 3.10. The van der Waals surface area contributed by atoms with Gasteiger partial charge in [-0.2, -0.15) is 0 Å². The van der Waals surface area contributed by atoms with Crippen LogP contribution in [-0.2, 0) is 0 Å². The summed E-state index contributed by atoms with van der Waals surface area (Å²) < 4.78 is 17.3. The van der Waals surface area contributed by atoms with Crippen molar-refractivity contribution < 1.29 is 18.4 Å². The molecule has 0 radical (unpaired) electrons. The lowest BCUT2D eigenvalue weighted by molar-refractivity contribution is 0.111. The molecule has 0 bridgehead atoms. The SMILES string of the molecule is COc1ccc(/C=C/c2nc(C=O)c(C)o2)cc1O[Si](C)(C)C(C)(C)C. The Morgan fingerprint density at radius 3 is 2.38 bits per heavy atom. The summed E-state index contributed by atoms with van der Waals surface area (Å²) in [5.74, 6) is 2.35. The highest BCUT2D eigenvalue weighted by Gasteiger charge is 2.39. The van der Waals surface area contributed by atoms with Crippen molar-refractivity contribution in [2.75, 3.05) is 7.11 Å². The monoisotopic (exact) mass is 373 g/mol. The fraction of sp³-hybridized carbons (Fsp3) is 0.400. The first kappa shape index (κ1) is 20.0. The first-order chi connectivity index (χ1) is 12.1. The first-order valence-corrected chi connectivity index (χ1v) is 11.5. The number of aldehydes is 1. The quantitative estimate of drug-likeness (QED) is 0.504. The Balaban J connectivity index is 2.31. The van der Waals surface area contributed by atoms with Crippen molar-refractivity contribution in [1.82, 2.24) is 4.98 Å². The zero-order valence-corrected chi connectivity index (χ0v) is 17.5. The van der Waals surface area contributed by atoms with Crippen LogP contribution in [-0.4, -0.2) is 26.7 Å². The number of benzene rings is 1. The second-order valence-corrected chi connectivity index (χ2v) is 12.4. The number of ether oxygens (including phenoxy) is 1. The molecule has 1 aromatic heterocycles. The van der Waals surface area contributed by atoms with E-state index in [9.17, 15) is 4.79 Å². The second kappa shape index (κ2) is 7.49. The van der Waals surface area contributed by atoms with E-state index >= 15 is 0 Å². The lowest BCUT2D eigenvalue weighted by Crippen LogP contribution is -2.43. The molecular weight excluding hydrogens is 346 g/mol. The molecule has 1 heterocycles. The van der Waals surface area contributed by atoms with Crippen molar-refractivity contribution in [3.05, 3.63) is 41.1 Å². The maximum atomic E-state index is 10.9. The molecule has 0 spiro atoms. The van der Waals surface area contributed by atoms with Gasteiger partial charge in [-0.3, -0.25) is 4.79 Å². The summed E-state index contributed by atoms with van der Waals surface area (Å²) in [6.45, 7) is 12.7. The number of carbonyl (C=O) groups is 1. The maximum Gasteiger partial charge on any atom is 0.250 e. The maximum absolute atomic E-state index is 10.9. The smallest absolute Gasteiger partial charge is 0.250 e. The second-order valence-electron chi connectivity index (χ2n) is 7.72. The minimum atomic E-state index is -1.99. The lowest BCUT2D eigenvalue weighted by Gasteiger charge is -2.36. The van der Waals surface area contributed by atoms with Gasteiger partial charge >= 0.3 is 0 Å². The van der Waals surface area contributed by atoms with Gasteiger partial charge in [0.05, 0.1) is 7.11 Å². The van der Waals surface area contributed by atoms with Crippen LogP contribution in [0.1, 0.15) is 48.5 Å². The topological polar surface area (TPSA) is 61.6 Å². The molecular formula is C20H27NO4Si. The van der Waals surface area contributed by atoms with Gasteiger partial charge < -0.3 is 13.6 Å². The molecule has 0 unspecified atom stereocenters. The van der Waals surface area contributed by atoms with E-state index in [1.807, 2.05) is 24.3 Å². The van der Waals surface area contributed by atoms with Crippen LogP contribution in [0.3, 0.4) is 0 Å². The highest BCUT2D eigenvalue weighted by molar-refractivity contribution is 6.74. The summed E-state index contributed by atoms with van der Waals surface area (Å²) in [6.07, 6.45) is 4.30. The minimum absolute atomic E-state index is 0.0880. The van der Waals surface area contributed by atoms with Crippen LogP contribution in [0.25, 0.3) is 12.2 Å². The van der Waals surface area contributed by atoms with E-state index in [-0.39, 0.29) is 5.04 Å². The standard InChI is InChI=1S/C20H27NO4Si/c1-14-16(13-22)21-19(24-14)11-9-15-8-10-17(23-5)18(12-15)25-26(6,7)20(2,3)4/h8-13H,1-7H3/b11-9+. The van der Waals surface area contributed by atoms with Gasteiger partial charge in [-0.05, 0) is 48.8 Å². The summed E-state index contributed by atoms with van der Waals surface area (Å²) in [7, 11) is -0.347. The number of carbonyl (C=O) groups excluding carboxylic acids is 1. The van der Waals surface area contributed by atoms with Gasteiger partial charge in [-0.15, -0.1) is 0 Å². The molecule has 5 nitrogen and oxygen atoms in total. The predicted molar refractivity (Wildman–Crippen MR) is 106 cm³/mol. The van der Waals surface area contributed by atoms with E-state index in [1.54, 1.807) is 20.1 Å². The summed E-state index contributed by atoms with van der Waals surface area (Å²) in [5.41, 5.74) is 1.25. The van der Waals surface area contributed by atoms with Crippen molar-refractivity contribution in [2.45, 2.75) is 45.8 Å². The molecule has 0 saturated heterocycles. The number of aromatic nitrogens is 1. The highest BCUT2D eigenvalue weighted by atomic mass is 28.4. The van der Waals surface area contributed by atoms with Gasteiger partial charge in [0.2, 0.25) is 5.89 Å². The molecule has 0 aliphatic carbocycles. The molecule has 0 fully saturated rings. The van der Waals surface area contributed by atoms with E-state index < -0.39 is 8.32 Å². The van der Waals surface area contributed by atoms with Crippen molar-refractivity contribution >= 4 is 26.8 Å². The Morgan fingerprint density at radius 2 is 1.85 bits per heavy atom. The molecule has 0 atom stereocenters. The Bertz CT molecular complexity index is 816. The predicted octanol–water partition coefficient (Wildman–Crippen LogP) is 5.36. The van der Waals surface area contributed by atoms with Crippen molar-refractivity contribution in [1.29, 1.82) is 0 Å². The summed E-state index contributed by atoms with van der Waals surface area (Å²) in [4.78, 5) is 15.0. The van der Waals surface area contributed by atoms with Gasteiger partial charge in [0.1, 0.15) is 17.2 Å². The van der Waals surface area contributed by atoms with Gasteiger partial charge in [0.25, 0.3) is 8.32 Å². The average molecular weight is 374 g/mol. The molecule has 0 saturated carbocycles. The van der Waals surface area contributed by atoms with E-state index in [0.29, 0.717) is 29.4 Å². The van der Waals surface area contributed by atoms with Gasteiger partial charge in [-0.25, -0.2) is 4.98 Å². The van der Waals surface area contributed by atoms with E-state index in [4.69, 9.17) is 13.6 Å². The van der Waals surface area contributed by atoms with E-state index in [1.165, 1.54) is 0 Å². The third-order valence-corrected chi connectivity index (χ3v) is 9.08. The average Bonchev–Trinajstić information content (AvgIpc) is 2.91. The fourth-order valence-electron chi connectivity index (χ4n) is 2.08. The summed E-state index contributed by atoms with van der Waals surface area (Å²) in [5, 5.41) is 0.0880. The van der Waals surface area contributed by atoms with Crippen LogP contribution in [0.2, 0.25) is 18.1 Å². The number of rotatable bonds is 6. The largest absolute Gasteiger partial charge is 0.541 e. The van der Waals surface area contributed by atoms with E-state index in [0.717, 1.165) is 11.3 Å². The van der Waals surface area contributed by atoms with Gasteiger partial charge in [0.15, 0.2) is 12.0 Å². The van der Waals surface area contributed by atoms with Crippen LogP contribution in [0.15, 0.2) is 22.6 Å². The Morgan fingerprint density at radius 1 is 1.15 bits per heavy atom. The van der Waals surface area contributed by atoms with Gasteiger partial charge in [-0.1, -0.05) is 26.8 Å². The molecule has 140 valence electrons. The first-order valence-electron chi connectivity index (χ1n) is 8.55. The molecule has 0 aliphatic heterocycles. The van der Waals surface area contributed by atoms with Crippen LogP contribution < -0.4 is 9.16 Å². The molecule has 1 aromatic carbocycles. The number of methoxy groups -OCH3 is 1. The van der Waals surface area contributed by atoms with E-state index in [2.05, 4.69) is 38.8 Å². The molecule has 2 rings (SSSR count). The number of oxazole rings is 1. The lowest BCUT2D eigenvalue weighted by atomic mass is 10.2. The Kier molecular flexibility index (Phi) is 5.76. The Hall–Kier alpha value is -2.34. The zero-order valence-electron chi connectivity index (χ0n) is 16.5. The molecule has 2 aromatic rings. The number of aryl methyl sites for hydroxylation is 1. The number of hydrogen-bond acceptors (Lipinski definition) is 5. The molecule has 0 aliphatic rings. The van der Waals surface area contributed by atoms with Crippen molar-refractivity contribution in [3.63, 3.8) is 0 Å². The third kappa shape index (κ3) is 4.43. The van der Waals surface area contributed by atoms with Crippen LogP contribution in [0, 0.1) is 6.92 Å². The van der Waals surface area contributed by atoms with Crippen molar-refractivity contribution in [2.24, 2.45) is 0 Å². The summed E-state index contributed by atoms with van der Waals surface area (Å²) >= 11 is 0. The minimum Gasteiger partial charge on any atom is -0.541 e. The Labute approximate surface area is 156 Å². The molecule has 6 heteroatoms. The molecule has 0 amide bonds. The van der Waals surface area contributed by atoms with Crippen molar-refractivity contribution in [3.8, 4) is 11.5 Å². The van der Waals surface area contributed by atoms with Gasteiger partial charge in [0, 0.05) is 6.08 Å². The summed E-state index contributed by atoms with van der Waals surface area (Å²) in [6, 6.07) is 5.77. The normalized spacial score (nSPS) is 12.4. The molecule has 0 N–H and O–H groups in total. The van der Waals surface area contributed by atoms with Crippen LogP contribution in [0.4, 0.5) is 0 Å². The number of hydrogen-bond donors (Lipinski definition) is 0. The highest BCUT2D eigenvalue weighted by Crippen LogP contribution is 2.40. The third-order valence-electron chi connectivity index (χ3n) is 4.74. The number of nitrogens with zero attached hydrogens (tertiary/aromatic N) is 1. The molecule has 26 heavy (non-hydrogen) atoms. The zero-order chi connectivity index (χ0) is 19.5. The van der Waals surface area contributed by atoms with Crippen LogP contribution >= 0.6 is 0 Å².